The zero-order chi connectivity index (χ0) is 20.4. The third kappa shape index (κ3) is 4.71. The largest absolute Gasteiger partial charge is 0.495 e. The predicted octanol–water partition coefficient (Wildman–Crippen LogP) is 2.19. The van der Waals surface area contributed by atoms with Crippen LogP contribution in [0.25, 0.3) is 0 Å². The second-order valence-electron chi connectivity index (χ2n) is 5.05. The number of nitrogens with zero attached hydrogens (tertiary/aromatic N) is 2. The molecule has 0 aliphatic carbocycles. The molecule has 0 saturated heterocycles. The van der Waals surface area contributed by atoms with Gasteiger partial charge in [-0.1, -0.05) is 0 Å². The van der Waals surface area contributed by atoms with Gasteiger partial charge in [0.25, 0.3) is 20.2 Å². The van der Waals surface area contributed by atoms with Gasteiger partial charge in [-0.15, -0.1) is 10.2 Å². The third-order valence-electron chi connectivity index (χ3n) is 3.30. The molecule has 0 fully saturated rings. The number of nitrogens with two attached hydrogens (primary N) is 1. The molecular weight excluding hydrogens is 402 g/mol. The summed E-state index contributed by atoms with van der Waals surface area (Å²) in [5, 5.41) is 7.55. The van der Waals surface area contributed by atoms with E-state index in [1.165, 1.54) is 26.4 Å². The first-order chi connectivity index (χ1) is 12.5. The lowest BCUT2D eigenvalue weighted by Crippen LogP contribution is -2.03. The van der Waals surface area contributed by atoms with Crippen LogP contribution in [0.4, 0.5) is 17.1 Å². The van der Waals surface area contributed by atoms with Gasteiger partial charge in [-0.05, 0) is 18.2 Å². The molecule has 0 saturated carbocycles. The number of ether oxygens (including phenoxy) is 2. The molecule has 2 aromatic rings. The fourth-order valence-corrected chi connectivity index (χ4v) is 3.27. The number of azo groups is 1. The van der Waals surface area contributed by atoms with Crippen molar-refractivity contribution in [2.24, 2.45) is 10.2 Å². The smallest absolute Gasteiger partial charge is 0.296 e. The molecule has 0 bridgehead atoms. The van der Waals surface area contributed by atoms with E-state index in [1.54, 1.807) is 0 Å². The normalized spacial score (nSPS) is 12.3. The van der Waals surface area contributed by atoms with Crippen LogP contribution in [0.5, 0.6) is 11.5 Å². The summed E-state index contributed by atoms with van der Waals surface area (Å²) in [6.07, 6.45) is 0. The van der Waals surface area contributed by atoms with E-state index in [0.29, 0.717) is 6.07 Å². The molecule has 11 nitrogen and oxygen atoms in total. The Morgan fingerprint density at radius 2 is 1.44 bits per heavy atom. The Kier molecular flexibility index (Phi) is 5.70. The molecule has 0 atom stereocenters. The van der Waals surface area contributed by atoms with Crippen LogP contribution < -0.4 is 15.2 Å². The first kappa shape index (κ1) is 20.6. The molecule has 0 unspecified atom stereocenters. The van der Waals surface area contributed by atoms with E-state index in [4.69, 9.17) is 19.8 Å². The molecule has 0 amide bonds. The number of hydrogen-bond acceptors (Lipinski definition) is 9. The van der Waals surface area contributed by atoms with Gasteiger partial charge in [-0.2, -0.15) is 16.8 Å². The molecule has 0 aromatic heterocycles. The van der Waals surface area contributed by atoms with E-state index in [-0.39, 0.29) is 28.6 Å². The molecule has 4 N–H and O–H groups in total. The van der Waals surface area contributed by atoms with Crippen molar-refractivity contribution in [2.45, 2.75) is 9.79 Å². The summed E-state index contributed by atoms with van der Waals surface area (Å²) in [5.74, 6) is 0.474. The van der Waals surface area contributed by atoms with Crippen LogP contribution in [0.3, 0.4) is 0 Å². The maximum absolute atomic E-state index is 11.5. The minimum atomic E-state index is -4.86. The molecular formula is C14H15N3O8S2. The predicted molar refractivity (Wildman–Crippen MR) is 94.2 cm³/mol. The number of hydrogen-bond donors (Lipinski definition) is 3. The lowest BCUT2D eigenvalue weighted by atomic mass is 10.2. The van der Waals surface area contributed by atoms with Crippen LogP contribution in [0, 0.1) is 0 Å². The van der Waals surface area contributed by atoms with Crippen molar-refractivity contribution in [1.82, 2.24) is 0 Å². The van der Waals surface area contributed by atoms with Crippen LogP contribution in [-0.2, 0) is 20.2 Å². The van der Waals surface area contributed by atoms with Gasteiger partial charge in [0.05, 0.1) is 24.8 Å². The SMILES string of the molecule is COc1cc(N=Nc2ccc(S(=O)(=O)O)cc2S(=O)(=O)O)c(OC)cc1N. The monoisotopic (exact) mass is 417 g/mol. The maximum atomic E-state index is 11.5. The molecule has 0 radical (unpaired) electrons. The zero-order valence-electron chi connectivity index (χ0n) is 14.0. The molecule has 0 heterocycles. The average molecular weight is 417 g/mol. The summed E-state index contributed by atoms with van der Waals surface area (Å²) in [5.41, 5.74) is 5.78. The van der Waals surface area contributed by atoms with Crippen molar-refractivity contribution in [3.63, 3.8) is 0 Å². The van der Waals surface area contributed by atoms with Crippen LogP contribution >= 0.6 is 0 Å². The topological polar surface area (TPSA) is 178 Å². The van der Waals surface area contributed by atoms with Crippen LogP contribution in [0.2, 0.25) is 0 Å². The highest BCUT2D eigenvalue weighted by molar-refractivity contribution is 7.86. The number of methoxy groups -OCH3 is 2. The lowest BCUT2D eigenvalue weighted by molar-refractivity contribution is 0.406. The van der Waals surface area contributed by atoms with Gasteiger partial charge in [-0.3, -0.25) is 9.11 Å². The van der Waals surface area contributed by atoms with Crippen molar-refractivity contribution in [3.05, 3.63) is 30.3 Å². The van der Waals surface area contributed by atoms with Crippen LogP contribution in [-0.4, -0.2) is 40.2 Å². The highest BCUT2D eigenvalue weighted by atomic mass is 32.2. The summed E-state index contributed by atoms with van der Waals surface area (Å²) in [6, 6.07) is 5.21. The summed E-state index contributed by atoms with van der Waals surface area (Å²) in [7, 11) is -6.82. The van der Waals surface area contributed by atoms with Crippen LogP contribution in [0.1, 0.15) is 0 Å². The Hall–Kier alpha value is -2.74. The van der Waals surface area contributed by atoms with E-state index in [0.717, 1.165) is 12.1 Å². The number of nitrogen functional groups attached to an aromatic ring is 1. The first-order valence-corrected chi connectivity index (χ1v) is 9.87. The Balaban J connectivity index is 2.61. The Labute approximate surface area is 154 Å². The third-order valence-corrected chi connectivity index (χ3v) is 5.04. The quantitative estimate of drug-likeness (QED) is 0.361. The Morgan fingerprint density at radius 3 is 1.96 bits per heavy atom. The zero-order valence-corrected chi connectivity index (χ0v) is 15.7. The van der Waals surface area contributed by atoms with Crippen molar-refractivity contribution in [2.75, 3.05) is 20.0 Å². The molecule has 2 aromatic carbocycles. The fourth-order valence-electron chi connectivity index (χ4n) is 2.04. The molecule has 2 rings (SSSR count). The molecule has 27 heavy (non-hydrogen) atoms. The molecule has 0 aliphatic heterocycles. The first-order valence-electron chi connectivity index (χ1n) is 6.99. The average Bonchev–Trinajstić information content (AvgIpc) is 2.58. The van der Waals surface area contributed by atoms with Gasteiger partial charge in [0, 0.05) is 12.1 Å². The second-order valence-corrected chi connectivity index (χ2v) is 7.86. The van der Waals surface area contributed by atoms with Crippen LogP contribution in [0.15, 0.2) is 50.4 Å². The Bertz CT molecular complexity index is 1110. The van der Waals surface area contributed by atoms with Crippen molar-refractivity contribution in [1.29, 1.82) is 0 Å². The number of benzene rings is 2. The highest BCUT2D eigenvalue weighted by Crippen LogP contribution is 2.38. The van der Waals surface area contributed by atoms with E-state index < -0.39 is 30.0 Å². The minimum Gasteiger partial charge on any atom is -0.495 e. The summed E-state index contributed by atoms with van der Waals surface area (Å²) in [6.45, 7) is 0. The van der Waals surface area contributed by atoms with E-state index in [9.17, 15) is 21.4 Å². The molecule has 13 heteroatoms. The van der Waals surface area contributed by atoms with E-state index in [2.05, 4.69) is 10.2 Å². The highest BCUT2D eigenvalue weighted by Gasteiger charge is 2.21. The second kappa shape index (κ2) is 7.48. The Morgan fingerprint density at radius 1 is 0.852 bits per heavy atom. The fraction of sp³-hybridized carbons (Fsp3) is 0.143. The molecule has 146 valence electrons. The number of rotatable bonds is 6. The van der Waals surface area contributed by atoms with Gasteiger partial charge < -0.3 is 15.2 Å². The van der Waals surface area contributed by atoms with Gasteiger partial charge in [0.15, 0.2) is 0 Å². The number of anilines is 1. The summed E-state index contributed by atoms with van der Waals surface area (Å²) >= 11 is 0. The van der Waals surface area contributed by atoms with E-state index in [1.807, 2.05) is 0 Å². The molecule has 0 aliphatic rings. The maximum Gasteiger partial charge on any atom is 0.296 e. The minimum absolute atomic E-state index is 0.128. The van der Waals surface area contributed by atoms with Gasteiger partial charge >= 0.3 is 0 Å². The van der Waals surface area contributed by atoms with E-state index >= 15 is 0 Å². The standard InChI is InChI=1S/C14H15N3O8S2/c1-24-12-7-11(13(25-2)6-9(12)15)17-16-10-4-3-8(26(18,19)20)5-14(10)27(21,22)23/h3-7H,15H2,1-2H3,(H,18,19,20)(H,21,22,23). The van der Waals surface area contributed by atoms with Gasteiger partial charge in [0.1, 0.15) is 27.8 Å². The summed E-state index contributed by atoms with van der Waals surface area (Å²) < 4.78 is 73.9. The van der Waals surface area contributed by atoms with Crippen molar-refractivity contribution in [3.8, 4) is 11.5 Å². The lowest BCUT2D eigenvalue weighted by Gasteiger charge is -2.09. The van der Waals surface area contributed by atoms with Gasteiger partial charge in [-0.25, -0.2) is 0 Å². The van der Waals surface area contributed by atoms with Gasteiger partial charge in [0.2, 0.25) is 0 Å². The molecule has 0 spiro atoms. The summed E-state index contributed by atoms with van der Waals surface area (Å²) in [4.78, 5) is -1.59. The van der Waals surface area contributed by atoms with Crippen molar-refractivity contribution < 1.29 is 35.4 Å². The van der Waals surface area contributed by atoms with Crippen molar-refractivity contribution >= 4 is 37.3 Å².